The van der Waals surface area contributed by atoms with Crippen molar-refractivity contribution in [1.29, 1.82) is 0 Å². The Hall–Kier alpha value is -1.24. The highest BCUT2D eigenvalue weighted by molar-refractivity contribution is 9.10. The first kappa shape index (κ1) is 12.5. The third-order valence-electron chi connectivity index (χ3n) is 3.65. The van der Waals surface area contributed by atoms with Crippen molar-refractivity contribution in [3.63, 3.8) is 0 Å². The predicted octanol–water partition coefficient (Wildman–Crippen LogP) is 3.87. The molecule has 6 heteroatoms. The first-order valence-electron chi connectivity index (χ1n) is 6.63. The summed E-state index contributed by atoms with van der Waals surface area (Å²) < 4.78 is 0.985. The monoisotopic (exact) mass is 348 g/mol. The highest BCUT2D eigenvalue weighted by atomic mass is 79.9. The smallest absolute Gasteiger partial charge is 0.137 e. The molecule has 20 heavy (non-hydrogen) atoms. The van der Waals surface area contributed by atoms with E-state index in [1.807, 2.05) is 6.20 Å². The van der Waals surface area contributed by atoms with Crippen LogP contribution in [0.3, 0.4) is 0 Å². The molecule has 1 saturated heterocycles. The number of hydrogen-bond acceptors (Lipinski definition) is 4. The molecule has 0 spiro atoms. The van der Waals surface area contributed by atoms with Crippen LogP contribution in [0.4, 0.5) is 0 Å². The number of thiazole rings is 1. The molecule has 3 aromatic heterocycles. The minimum Gasteiger partial charge on any atom is -0.345 e. The molecule has 0 bridgehead atoms. The normalized spacial score (nSPS) is 18.9. The van der Waals surface area contributed by atoms with Gasteiger partial charge in [0, 0.05) is 33.2 Å². The molecular formula is C14H13BrN4S. The first-order valence-corrected chi connectivity index (χ1v) is 8.30. The highest BCUT2D eigenvalue weighted by Crippen LogP contribution is 2.33. The largest absolute Gasteiger partial charge is 0.345 e. The van der Waals surface area contributed by atoms with E-state index >= 15 is 0 Å². The number of nitrogens with zero attached hydrogens (tertiary/aromatic N) is 2. The number of fused-ring (bicyclic) bond motifs is 1. The van der Waals surface area contributed by atoms with Gasteiger partial charge in [0.2, 0.25) is 0 Å². The van der Waals surface area contributed by atoms with Gasteiger partial charge in [0.05, 0.1) is 11.7 Å². The Bertz CT molecular complexity index is 757. The van der Waals surface area contributed by atoms with Crippen LogP contribution < -0.4 is 5.32 Å². The molecule has 0 aliphatic carbocycles. The lowest BCUT2D eigenvalue weighted by Gasteiger charge is -2.04. The second kappa shape index (κ2) is 4.95. The summed E-state index contributed by atoms with van der Waals surface area (Å²) in [6.45, 7) is 1.10. The van der Waals surface area contributed by atoms with Gasteiger partial charge in [0.1, 0.15) is 10.7 Å². The van der Waals surface area contributed by atoms with E-state index in [9.17, 15) is 0 Å². The number of rotatable bonds is 2. The van der Waals surface area contributed by atoms with Crippen molar-refractivity contribution in [2.24, 2.45) is 0 Å². The van der Waals surface area contributed by atoms with E-state index in [1.165, 1.54) is 17.8 Å². The number of aromatic nitrogens is 3. The molecule has 4 nitrogen and oxygen atoms in total. The fraction of sp³-hybridized carbons (Fsp3) is 0.286. The van der Waals surface area contributed by atoms with Gasteiger partial charge in [-0.25, -0.2) is 9.97 Å². The summed E-state index contributed by atoms with van der Waals surface area (Å²) in [5.41, 5.74) is 3.05. The SMILES string of the molecule is Brc1cnc2[nH]cc(-c3csc(C4CCCN4)n3)c2c1. The topological polar surface area (TPSA) is 53.6 Å². The maximum absolute atomic E-state index is 4.81. The van der Waals surface area contributed by atoms with Crippen LogP contribution in [0.5, 0.6) is 0 Å². The minimum atomic E-state index is 0.434. The molecule has 0 saturated carbocycles. The second-order valence-corrected chi connectivity index (χ2v) is 6.78. The van der Waals surface area contributed by atoms with Crippen LogP contribution in [-0.4, -0.2) is 21.5 Å². The molecular weight excluding hydrogens is 336 g/mol. The molecule has 102 valence electrons. The molecule has 0 radical (unpaired) electrons. The molecule has 4 heterocycles. The average Bonchev–Trinajstić information content (AvgIpc) is 3.17. The van der Waals surface area contributed by atoms with Gasteiger partial charge >= 0.3 is 0 Å². The van der Waals surface area contributed by atoms with Gasteiger partial charge in [-0.3, -0.25) is 0 Å². The van der Waals surface area contributed by atoms with E-state index in [4.69, 9.17) is 4.98 Å². The first-order chi connectivity index (χ1) is 9.81. The quantitative estimate of drug-likeness (QED) is 0.738. The number of H-pyrrole nitrogens is 1. The van der Waals surface area contributed by atoms with Crippen molar-refractivity contribution in [2.45, 2.75) is 18.9 Å². The molecule has 1 unspecified atom stereocenters. The van der Waals surface area contributed by atoms with Crippen LogP contribution in [0.2, 0.25) is 0 Å². The average molecular weight is 349 g/mol. The Morgan fingerprint density at radius 3 is 3.20 bits per heavy atom. The molecule has 0 amide bonds. The summed E-state index contributed by atoms with van der Waals surface area (Å²) in [4.78, 5) is 12.4. The zero-order valence-electron chi connectivity index (χ0n) is 10.7. The van der Waals surface area contributed by atoms with Crippen LogP contribution in [0.1, 0.15) is 23.9 Å². The lowest BCUT2D eigenvalue weighted by Crippen LogP contribution is -2.12. The third kappa shape index (κ3) is 2.08. The summed E-state index contributed by atoms with van der Waals surface area (Å²) in [6, 6.07) is 2.52. The lowest BCUT2D eigenvalue weighted by molar-refractivity contribution is 0.643. The number of hydrogen-bond donors (Lipinski definition) is 2. The maximum Gasteiger partial charge on any atom is 0.137 e. The molecule has 2 N–H and O–H groups in total. The Balaban J connectivity index is 1.77. The highest BCUT2D eigenvalue weighted by Gasteiger charge is 2.20. The molecule has 4 rings (SSSR count). The standard InChI is InChI=1S/C14H13BrN4S/c15-8-4-9-10(6-18-13(9)17-5-8)12-7-20-14(19-12)11-2-1-3-16-11/h4-7,11,16H,1-3H2,(H,17,18). The summed E-state index contributed by atoms with van der Waals surface area (Å²) >= 11 is 5.22. The van der Waals surface area contributed by atoms with Gasteiger partial charge in [-0.15, -0.1) is 11.3 Å². The fourth-order valence-corrected chi connectivity index (χ4v) is 3.92. The van der Waals surface area contributed by atoms with Crippen molar-refractivity contribution < 1.29 is 0 Å². The Morgan fingerprint density at radius 1 is 1.40 bits per heavy atom. The van der Waals surface area contributed by atoms with E-state index < -0.39 is 0 Å². The van der Waals surface area contributed by atoms with Crippen molar-refractivity contribution in [1.82, 2.24) is 20.3 Å². The van der Waals surface area contributed by atoms with Crippen LogP contribution in [0.25, 0.3) is 22.3 Å². The number of aromatic amines is 1. The Kier molecular flexibility index (Phi) is 3.09. The second-order valence-electron chi connectivity index (χ2n) is 4.97. The Labute approximate surface area is 128 Å². The van der Waals surface area contributed by atoms with E-state index in [0.717, 1.165) is 33.3 Å². The van der Waals surface area contributed by atoms with Gasteiger partial charge in [0.25, 0.3) is 0 Å². The predicted molar refractivity (Wildman–Crippen MR) is 84.9 cm³/mol. The number of halogens is 1. The van der Waals surface area contributed by atoms with Gasteiger partial charge in [-0.05, 0) is 41.4 Å². The van der Waals surface area contributed by atoms with Gasteiger partial charge in [-0.2, -0.15) is 0 Å². The minimum absolute atomic E-state index is 0.434. The summed E-state index contributed by atoms with van der Waals surface area (Å²) in [5.74, 6) is 0. The Morgan fingerprint density at radius 2 is 2.35 bits per heavy atom. The van der Waals surface area contributed by atoms with Gasteiger partial charge in [0.15, 0.2) is 0 Å². The van der Waals surface area contributed by atoms with Crippen LogP contribution in [0, 0.1) is 0 Å². The number of pyridine rings is 1. The van der Waals surface area contributed by atoms with E-state index in [0.29, 0.717) is 6.04 Å². The molecule has 0 aromatic carbocycles. The molecule has 3 aromatic rings. The van der Waals surface area contributed by atoms with E-state index in [2.05, 4.69) is 42.7 Å². The van der Waals surface area contributed by atoms with Crippen LogP contribution in [0.15, 0.2) is 28.3 Å². The van der Waals surface area contributed by atoms with E-state index in [-0.39, 0.29) is 0 Å². The number of nitrogens with one attached hydrogen (secondary N) is 2. The maximum atomic E-state index is 4.81. The summed E-state index contributed by atoms with van der Waals surface area (Å²) in [6.07, 6.45) is 6.22. The van der Waals surface area contributed by atoms with Crippen LogP contribution >= 0.6 is 27.3 Å². The molecule has 1 aliphatic heterocycles. The lowest BCUT2D eigenvalue weighted by atomic mass is 10.2. The zero-order chi connectivity index (χ0) is 13.5. The van der Waals surface area contributed by atoms with Gasteiger partial charge in [-0.1, -0.05) is 0 Å². The molecule has 1 aliphatic rings. The van der Waals surface area contributed by atoms with Crippen molar-refractivity contribution >= 4 is 38.3 Å². The van der Waals surface area contributed by atoms with E-state index in [1.54, 1.807) is 17.5 Å². The molecule has 1 fully saturated rings. The summed E-state index contributed by atoms with van der Waals surface area (Å²) in [7, 11) is 0. The fourth-order valence-electron chi connectivity index (χ4n) is 2.66. The summed E-state index contributed by atoms with van der Waals surface area (Å²) in [5, 5.41) is 7.93. The van der Waals surface area contributed by atoms with Crippen molar-refractivity contribution in [3.05, 3.63) is 33.3 Å². The van der Waals surface area contributed by atoms with Crippen molar-refractivity contribution in [2.75, 3.05) is 6.54 Å². The molecule has 1 atom stereocenters. The van der Waals surface area contributed by atoms with Crippen molar-refractivity contribution in [3.8, 4) is 11.3 Å². The van der Waals surface area contributed by atoms with Gasteiger partial charge < -0.3 is 10.3 Å². The van der Waals surface area contributed by atoms with Crippen LogP contribution in [-0.2, 0) is 0 Å². The zero-order valence-corrected chi connectivity index (χ0v) is 13.1. The third-order valence-corrected chi connectivity index (χ3v) is 5.05.